The summed E-state index contributed by atoms with van der Waals surface area (Å²) in [5.41, 5.74) is 4.23. The Morgan fingerprint density at radius 3 is 2.56 bits per heavy atom. The van der Waals surface area contributed by atoms with Gasteiger partial charge in [-0.25, -0.2) is 9.97 Å². The number of carbonyl (C=O) groups is 1. The number of rotatable bonds is 5. The second kappa shape index (κ2) is 9.62. The number of para-hydroxylation sites is 1. The molecule has 0 aliphatic carbocycles. The summed E-state index contributed by atoms with van der Waals surface area (Å²) in [4.78, 5) is 29.4. The molecular weight excluding hydrogens is 424 g/mol. The lowest BCUT2D eigenvalue weighted by atomic mass is 10.1. The van der Waals surface area contributed by atoms with E-state index in [-0.39, 0.29) is 11.9 Å². The molecular formula is C24H23ClN6O. The maximum Gasteiger partial charge on any atom is 0.259 e. The highest BCUT2D eigenvalue weighted by Gasteiger charge is 2.13. The van der Waals surface area contributed by atoms with E-state index in [4.69, 9.17) is 11.6 Å². The number of aliphatic imine (C=N–C) groups is 1. The highest BCUT2D eigenvalue weighted by atomic mass is 35.5. The van der Waals surface area contributed by atoms with Crippen molar-refractivity contribution in [2.75, 3.05) is 11.9 Å². The summed E-state index contributed by atoms with van der Waals surface area (Å²) in [6.07, 6.45) is 2.69. The second-order valence-corrected chi connectivity index (χ2v) is 7.78. The number of anilines is 1. The van der Waals surface area contributed by atoms with Gasteiger partial charge in [0.1, 0.15) is 0 Å². The highest BCUT2D eigenvalue weighted by Crippen LogP contribution is 2.18. The molecule has 2 aromatic heterocycles. The molecule has 0 aliphatic heterocycles. The zero-order valence-electron chi connectivity index (χ0n) is 17.8. The average Bonchev–Trinajstić information content (AvgIpc) is 3.16. The van der Waals surface area contributed by atoms with Crippen LogP contribution in [0.3, 0.4) is 0 Å². The van der Waals surface area contributed by atoms with Crippen molar-refractivity contribution in [3.05, 3.63) is 88.3 Å². The number of carbonyl (C=O) groups excluding carboxylic acids is 1. The molecule has 4 aromatic rings. The number of hydrogen-bond acceptors (Lipinski definition) is 4. The molecule has 32 heavy (non-hydrogen) atoms. The van der Waals surface area contributed by atoms with Crippen LogP contribution in [0.15, 0.2) is 65.8 Å². The first-order valence-electron chi connectivity index (χ1n) is 10.2. The lowest BCUT2D eigenvalue weighted by Crippen LogP contribution is -2.37. The number of benzene rings is 2. The molecule has 1 amide bonds. The van der Waals surface area contributed by atoms with Gasteiger partial charge < -0.3 is 4.98 Å². The van der Waals surface area contributed by atoms with E-state index < -0.39 is 0 Å². The van der Waals surface area contributed by atoms with E-state index in [0.717, 1.165) is 27.9 Å². The third kappa shape index (κ3) is 5.12. The van der Waals surface area contributed by atoms with Crippen LogP contribution in [0.5, 0.6) is 0 Å². The van der Waals surface area contributed by atoms with Crippen LogP contribution in [-0.4, -0.2) is 33.4 Å². The number of amides is 1. The minimum Gasteiger partial charge on any atom is -0.361 e. The predicted octanol–water partition coefficient (Wildman–Crippen LogP) is 4.67. The number of H-pyrrole nitrogens is 1. The molecule has 0 unspecified atom stereocenters. The largest absolute Gasteiger partial charge is 0.361 e. The predicted molar refractivity (Wildman–Crippen MR) is 128 cm³/mol. The van der Waals surface area contributed by atoms with Crippen molar-refractivity contribution in [2.45, 2.75) is 20.3 Å². The maximum atomic E-state index is 12.8. The van der Waals surface area contributed by atoms with Crippen molar-refractivity contribution in [2.24, 2.45) is 4.99 Å². The van der Waals surface area contributed by atoms with Crippen molar-refractivity contribution in [3.63, 3.8) is 0 Å². The summed E-state index contributed by atoms with van der Waals surface area (Å²) in [5, 5.41) is 7.38. The molecule has 4 rings (SSSR count). The molecule has 0 aliphatic rings. The van der Waals surface area contributed by atoms with E-state index in [0.29, 0.717) is 29.5 Å². The van der Waals surface area contributed by atoms with Gasteiger partial charge in [-0.2, -0.15) is 0 Å². The molecule has 2 aromatic carbocycles. The van der Waals surface area contributed by atoms with Gasteiger partial charge in [-0.3, -0.25) is 20.4 Å². The van der Waals surface area contributed by atoms with E-state index in [9.17, 15) is 4.79 Å². The van der Waals surface area contributed by atoms with Gasteiger partial charge in [-0.15, -0.1) is 0 Å². The Hall–Kier alpha value is -3.71. The van der Waals surface area contributed by atoms with Gasteiger partial charge >= 0.3 is 0 Å². The fourth-order valence-electron chi connectivity index (χ4n) is 3.44. The molecule has 0 fully saturated rings. The molecule has 162 valence electrons. The lowest BCUT2D eigenvalue weighted by Gasteiger charge is -2.12. The van der Waals surface area contributed by atoms with Crippen molar-refractivity contribution >= 4 is 40.3 Å². The minimum absolute atomic E-state index is 0.264. The van der Waals surface area contributed by atoms with Crippen LogP contribution in [0.25, 0.3) is 10.9 Å². The summed E-state index contributed by atoms with van der Waals surface area (Å²) in [5.74, 6) is 0.269. The number of aryl methyl sites for hydroxylation is 2. The van der Waals surface area contributed by atoms with E-state index in [1.54, 1.807) is 24.3 Å². The Bertz CT molecular complexity index is 1280. The normalized spacial score (nSPS) is 11.5. The number of aromatic amines is 1. The third-order valence-corrected chi connectivity index (χ3v) is 5.22. The monoisotopic (exact) mass is 446 g/mol. The molecule has 0 bridgehead atoms. The zero-order chi connectivity index (χ0) is 22.5. The molecule has 0 saturated carbocycles. The standard InChI is InChI=1S/C24H23ClN6O/c1-15-13-16(2)29-24(28-15)31-23(30-22(32)19-8-3-5-9-20(19)25)26-12-11-17-14-27-21-10-6-4-7-18(17)21/h3-10,13-14,27H,11-12H2,1-2H3,(H2,26,28,29,30,31,32). The van der Waals surface area contributed by atoms with Crippen LogP contribution in [0.1, 0.15) is 27.3 Å². The Morgan fingerprint density at radius 2 is 1.78 bits per heavy atom. The number of guanidine groups is 1. The number of nitrogens with one attached hydrogen (secondary N) is 3. The first-order chi connectivity index (χ1) is 15.5. The van der Waals surface area contributed by atoms with Gasteiger partial charge in [-0.05, 0) is 50.1 Å². The number of fused-ring (bicyclic) bond motifs is 1. The molecule has 3 N–H and O–H groups in total. The van der Waals surface area contributed by atoms with Crippen molar-refractivity contribution in [1.29, 1.82) is 0 Å². The van der Waals surface area contributed by atoms with E-state index in [2.05, 4.69) is 36.6 Å². The number of nitrogens with zero attached hydrogens (tertiary/aromatic N) is 3. The summed E-state index contributed by atoms with van der Waals surface area (Å²) < 4.78 is 0. The van der Waals surface area contributed by atoms with Gasteiger partial charge in [0.05, 0.1) is 10.6 Å². The molecule has 7 nitrogen and oxygen atoms in total. The van der Waals surface area contributed by atoms with Crippen molar-refractivity contribution < 1.29 is 4.79 Å². The van der Waals surface area contributed by atoms with Gasteiger partial charge in [0.2, 0.25) is 11.9 Å². The van der Waals surface area contributed by atoms with Crippen LogP contribution in [-0.2, 0) is 6.42 Å². The summed E-state index contributed by atoms with van der Waals surface area (Å²) in [6.45, 7) is 4.23. The Morgan fingerprint density at radius 1 is 1.06 bits per heavy atom. The fraction of sp³-hybridized carbons (Fsp3) is 0.167. The Balaban J connectivity index is 1.55. The third-order valence-electron chi connectivity index (χ3n) is 4.89. The van der Waals surface area contributed by atoms with E-state index in [1.165, 1.54) is 0 Å². The second-order valence-electron chi connectivity index (χ2n) is 7.37. The molecule has 0 saturated heterocycles. The van der Waals surface area contributed by atoms with Gasteiger partial charge in [-0.1, -0.05) is 41.9 Å². The molecule has 2 heterocycles. The lowest BCUT2D eigenvalue weighted by molar-refractivity contribution is 0.0977. The first-order valence-corrected chi connectivity index (χ1v) is 10.6. The molecule has 8 heteroatoms. The molecule has 0 spiro atoms. The maximum absolute atomic E-state index is 12.8. The Kier molecular flexibility index (Phi) is 6.47. The van der Waals surface area contributed by atoms with Gasteiger partial charge in [0.25, 0.3) is 5.91 Å². The average molecular weight is 447 g/mol. The summed E-state index contributed by atoms with van der Waals surface area (Å²) >= 11 is 6.18. The van der Waals surface area contributed by atoms with Crippen LogP contribution >= 0.6 is 11.6 Å². The molecule has 0 atom stereocenters. The SMILES string of the molecule is Cc1cc(C)nc(NC(=NCCc2c[nH]c3ccccc23)NC(=O)c2ccccc2Cl)n1. The highest BCUT2D eigenvalue weighted by molar-refractivity contribution is 6.34. The van der Waals surface area contributed by atoms with Crippen LogP contribution in [0.4, 0.5) is 5.95 Å². The Labute approximate surface area is 191 Å². The minimum atomic E-state index is -0.363. The van der Waals surface area contributed by atoms with Crippen molar-refractivity contribution in [3.8, 4) is 0 Å². The number of aromatic nitrogens is 3. The fourth-order valence-corrected chi connectivity index (χ4v) is 3.67. The molecule has 0 radical (unpaired) electrons. The van der Waals surface area contributed by atoms with Gasteiger partial charge in [0, 0.05) is 35.0 Å². The van der Waals surface area contributed by atoms with Gasteiger partial charge in [0.15, 0.2) is 0 Å². The smallest absolute Gasteiger partial charge is 0.259 e. The number of hydrogen-bond donors (Lipinski definition) is 3. The van der Waals surface area contributed by atoms with Crippen LogP contribution in [0, 0.1) is 13.8 Å². The summed E-state index contributed by atoms with van der Waals surface area (Å²) in [7, 11) is 0. The van der Waals surface area contributed by atoms with Crippen LogP contribution in [0.2, 0.25) is 5.02 Å². The number of halogens is 1. The topological polar surface area (TPSA) is 95.1 Å². The van der Waals surface area contributed by atoms with Crippen LogP contribution < -0.4 is 10.6 Å². The zero-order valence-corrected chi connectivity index (χ0v) is 18.6. The van der Waals surface area contributed by atoms with E-state index in [1.807, 2.05) is 44.3 Å². The van der Waals surface area contributed by atoms with E-state index >= 15 is 0 Å². The summed E-state index contributed by atoms with van der Waals surface area (Å²) in [6, 6.07) is 16.9. The van der Waals surface area contributed by atoms with Crippen molar-refractivity contribution in [1.82, 2.24) is 20.3 Å². The quantitative estimate of drug-likeness (QED) is 0.306. The first kappa shape index (κ1) is 21.5.